The molecule has 7 nitrogen and oxygen atoms in total. The van der Waals surface area contributed by atoms with Gasteiger partial charge in [-0.25, -0.2) is 4.98 Å². The summed E-state index contributed by atoms with van der Waals surface area (Å²) >= 11 is 0. The van der Waals surface area contributed by atoms with Crippen LogP contribution < -0.4 is 15.8 Å². The Morgan fingerprint density at radius 2 is 2.12 bits per heavy atom. The highest BCUT2D eigenvalue weighted by Gasteiger charge is 2.12. The Hall–Kier alpha value is -2.41. The maximum atomic E-state index is 11.2. The van der Waals surface area contributed by atoms with E-state index in [2.05, 4.69) is 15.2 Å². The number of amides is 2. The van der Waals surface area contributed by atoms with Gasteiger partial charge in [0.05, 0.1) is 0 Å². The van der Waals surface area contributed by atoms with Crippen LogP contribution in [0.2, 0.25) is 0 Å². The molecule has 0 aromatic carbocycles. The number of primary amides is 1. The SMILES string of the molecule is NC(=O)CC(=O)NC/C=C\COc1cc(CN2CCCC2)ccn1. The number of rotatable bonds is 9. The van der Waals surface area contributed by atoms with Crippen LogP contribution >= 0.6 is 0 Å². The Kier molecular flexibility index (Phi) is 7.22. The third kappa shape index (κ3) is 6.78. The van der Waals surface area contributed by atoms with Gasteiger partial charge in [0.1, 0.15) is 13.0 Å². The number of nitrogens with two attached hydrogens (primary N) is 1. The summed E-state index contributed by atoms with van der Waals surface area (Å²) < 4.78 is 5.58. The molecule has 3 N–H and O–H groups in total. The minimum atomic E-state index is -0.639. The van der Waals surface area contributed by atoms with Gasteiger partial charge in [-0.05, 0) is 43.6 Å². The average Bonchev–Trinajstić information content (AvgIpc) is 3.03. The molecule has 24 heavy (non-hydrogen) atoms. The maximum absolute atomic E-state index is 11.2. The van der Waals surface area contributed by atoms with Gasteiger partial charge in [0.15, 0.2) is 0 Å². The summed E-state index contributed by atoms with van der Waals surface area (Å²) in [5.74, 6) is -0.432. The van der Waals surface area contributed by atoms with E-state index in [0.29, 0.717) is 19.0 Å². The number of nitrogens with zero attached hydrogens (tertiary/aromatic N) is 2. The first-order valence-corrected chi connectivity index (χ1v) is 8.13. The zero-order valence-corrected chi connectivity index (χ0v) is 13.7. The summed E-state index contributed by atoms with van der Waals surface area (Å²) in [4.78, 5) is 28.4. The van der Waals surface area contributed by atoms with Crippen LogP contribution in [0.4, 0.5) is 0 Å². The minimum Gasteiger partial charge on any atom is -0.473 e. The molecule has 0 unspecified atom stereocenters. The largest absolute Gasteiger partial charge is 0.473 e. The quantitative estimate of drug-likeness (QED) is 0.510. The highest BCUT2D eigenvalue weighted by molar-refractivity contribution is 5.96. The van der Waals surface area contributed by atoms with Gasteiger partial charge in [0, 0.05) is 25.4 Å². The zero-order valence-electron chi connectivity index (χ0n) is 13.7. The number of carbonyl (C=O) groups excluding carboxylic acids is 2. The van der Waals surface area contributed by atoms with E-state index in [4.69, 9.17) is 10.5 Å². The van der Waals surface area contributed by atoms with Crippen LogP contribution in [-0.4, -0.2) is 47.9 Å². The van der Waals surface area contributed by atoms with Crippen molar-refractivity contribution in [2.24, 2.45) is 5.73 Å². The second-order valence-corrected chi connectivity index (χ2v) is 5.72. The number of carbonyl (C=O) groups is 2. The Balaban J connectivity index is 1.67. The Bertz CT molecular complexity index is 583. The predicted octanol–water partition coefficient (Wildman–Crippen LogP) is 0.604. The van der Waals surface area contributed by atoms with Crippen molar-refractivity contribution in [2.75, 3.05) is 26.2 Å². The molecule has 0 saturated carbocycles. The first-order chi connectivity index (χ1) is 11.6. The molecule has 0 aliphatic carbocycles. The summed E-state index contributed by atoms with van der Waals surface area (Å²) in [5, 5.41) is 2.56. The summed E-state index contributed by atoms with van der Waals surface area (Å²) in [6.07, 6.45) is 7.56. The molecule has 1 aromatic heterocycles. The molecular weight excluding hydrogens is 308 g/mol. The van der Waals surface area contributed by atoms with Crippen LogP contribution in [0.25, 0.3) is 0 Å². The second kappa shape index (κ2) is 9.67. The first kappa shape index (κ1) is 17.9. The molecule has 0 radical (unpaired) electrons. The van der Waals surface area contributed by atoms with Gasteiger partial charge < -0.3 is 15.8 Å². The van der Waals surface area contributed by atoms with Gasteiger partial charge >= 0.3 is 0 Å². The average molecular weight is 332 g/mol. The number of ether oxygens (including phenoxy) is 1. The maximum Gasteiger partial charge on any atom is 0.229 e. The second-order valence-electron chi connectivity index (χ2n) is 5.72. The van der Waals surface area contributed by atoms with Crippen molar-refractivity contribution < 1.29 is 14.3 Å². The highest BCUT2D eigenvalue weighted by Crippen LogP contribution is 2.15. The lowest BCUT2D eigenvalue weighted by Crippen LogP contribution is -2.28. The van der Waals surface area contributed by atoms with E-state index in [-0.39, 0.29) is 12.3 Å². The third-order valence-corrected chi connectivity index (χ3v) is 3.65. The topological polar surface area (TPSA) is 97.5 Å². The summed E-state index contributed by atoms with van der Waals surface area (Å²) in [6.45, 7) is 3.94. The highest BCUT2D eigenvalue weighted by atomic mass is 16.5. The molecule has 1 aliphatic heterocycles. The van der Waals surface area contributed by atoms with E-state index >= 15 is 0 Å². The third-order valence-electron chi connectivity index (χ3n) is 3.65. The predicted molar refractivity (Wildman–Crippen MR) is 90.2 cm³/mol. The van der Waals surface area contributed by atoms with E-state index in [9.17, 15) is 9.59 Å². The number of nitrogens with one attached hydrogen (secondary N) is 1. The molecule has 130 valence electrons. The summed E-state index contributed by atoms with van der Waals surface area (Å²) in [5.41, 5.74) is 6.12. The van der Waals surface area contributed by atoms with E-state index in [1.165, 1.54) is 18.4 Å². The molecule has 2 amide bonds. The summed E-state index contributed by atoms with van der Waals surface area (Å²) in [6, 6.07) is 3.97. The molecule has 1 fully saturated rings. The monoisotopic (exact) mass is 332 g/mol. The molecule has 2 rings (SSSR count). The van der Waals surface area contributed by atoms with Gasteiger partial charge in [-0.15, -0.1) is 0 Å². The van der Waals surface area contributed by atoms with Crippen LogP contribution in [-0.2, 0) is 16.1 Å². The van der Waals surface area contributed by atoms with E-state index in [0.717, 1.165) is 19.6 Å². The lowest BCUT2D eigenvalue weighted by Gasteiger charge is -2.14. The van der Waals surface area contributed by atoms with Crippen LogP contribution in [0.15, 0.2) is 30.5 Å². The van der Waals surface area contributed by atoms with Crippen molar-refractivity contribution in [3.8, 4) is 5.88 Å². The number of hydrogen-bond acceptors (Lipinski definition) is 5. The lowest BCUT2D eigenvalue weighted by molar-refractivity contribution is -0.127. The molecule has 1 aliphatic rings. The van der Waals surface area contributed by atoms with E-state index in [1.807, 2.05) is 12.1 Å². The standard InChI is InChI=1S/C17H24N4O3/c18-15(22)12-16(23)19-6-1-4-10-24-17-11-14(5-7-20-17)13-21-8-2-3-9-21/h1,4-5,7,11H,2-3,6,8-10,12-13H2,(H2,18,22)(H,19,23)/b4-1-. The van der Waals surface area contributed by atoms with Crippen LogP contribution in [0.5, 0.6) is 5.88 Å². The van der Waals surface area contributed by atoms with Crippen molar-refractivity contribution >= 4 is 11.8 Å². The number of aromatic nitrogens is 1. The van der Waals surface area contributed by atoms with Crippen LogP contribution in [0.1, 0.15) is 24.8 Å². The van der Waals surface area contributed by atoms with Crippen molar-refractivity contribution in [2.45, 2.75) is 25.8 Å². The molecule has 0 bridgehead atoms. The van der Waals surface area contributed by atoms with Crippen molar-refractivity contribution in [3.05, 3.63) is 36.0 Å². The fourth-order valence-electron chi connectivity index (χ4n) is 2.51. The van der Waals surface area contributed by atoms with Crippen molar-refractivity contribution in [1.82, 2.24) is 15.2 Å². The Morgan fingerprint density at radius 1 is 1.33 bits per heavy atom. The molecule has 7 heteroatoms. The molecule has 0 atom stereocenters. The van der Waals surface area contributed by atoms with Gasteiger partial charge in [-0.3, -0.25) is 14.5 Å². The van der Waals surface area contributed by atoms with Crippen molar-refractivity contribution in [3.63, 3.8) is 0 Å². The Morgan fingerprint density at radius 3 is 2.88 bits per heavy atom. The summed E-state index contributed by atoms with van der Waals surface area (Å²) in [7, 11) is 0. The van der Waals surface area contributed by atoms with Gasteiger partial charge in [0.25, 0.3) is 0 Å². The fraction of sp³-hybridized carbons (Fsp3) is 0.471. The minimum absolute atomic E-state index is 0.294. The van der Waals surface area contributed by atoms with E-state index in [1.54, 1.807) is 18.3 Å². The van der Waals surface area contributed by atoms with Crippen LogP contribution in [0.3, 0.4) is 0 Å². The fourth-order valence-corrected chi connectivity index (χ4v) is 2.51. The van der Waals surface area contributed by atoms with Gasteiger partial charge in [-0.2, -0.15) is 0 Å². The van der Waals surface area contributed by atoms with E-state index < -0.39 is 5.91 Å². The number of likely N-dealkylation sites (tertiary alicyclic amines) is 1. The smallest absolute Gasteiger partial charge is 0.229 e. The number of hydrogen-bond donors (Lipinski definition) is 2. The Labute approximate surface area is 141 Å². The molecular formula is C17H24N4O3. The van der Waals surface area contributed by atoms with Gasteiger partial charge in [-0.1, -0.05) is 6.08 Å². The van der Waals surface area contributed by atoms with Gasteiger partial charge in [0.2, 0.25) is 17.7 Å². The first-order valence-electron chi connectivity index (χ1n) is 8.13. The van der Waals surface area contributed by atoms with Crippen molar-refractivity contribution in [1.29, 1.82) is 0 Å². The zero-order chi connectivity index (χ0) is 17.2. The molecule has 1 aromatic rings. The molecule has 0 spiro atoms. The lowest BCUT2D eigenvalue weighted by atomic mass is 10.2. The molecule has 1 saturated heterocycles. The number of pyridine rings is 1. The van der Waals surface area contributed by atoms with Crippen LogP contribution in [0, 0.1) is 0 Å². The molecule has 2 heterocycles. The normalized spacial score (nSPS) is 14.8.